The molecule has 0 atom stereocenters. The Hall–Kier alpha value is -3.26. The number of hydrogen-bond acceptors (Lipinski definition) is 6. The quantitative estimate of drug-likeness (QED) is 0.506. The monoisotopic (exact) mass is 334 g/mol. The first-order chi connectivity index (χ1) is 11.9. The number of fused-ring (bicyclic) bond motifs is 1. The Kier molecular flexibility index (Phi) is 2.83. The molecule has 8 heteroatoms. The molecule has 0 aliphatic heterocycles. The van der Waals surface area contributed by atoms with Gasteiger partial charge in [-0.1, -0.05) is 29.5 Å². The third kappa shape index (κ3) is 2.04. The predicted octanol–water partition coefficient (Wildman–Crippen LogP) is 3.30. The highest BCUT2D eigenvalue weighted by molar-refractivity contribution is 7.19. The van der Waals surface area contributed by atoms with Gasteiger partial charge in [-0.15, -0.1) is 10.2 Å². The maximum absolute atomic E-state index is 5.39. The van der Waals surface area contributed by atoms with E-state index in [4.69, 9.17) is 4.42 Å². The second-order valence-electron chi connectivity index (χ2n) is 5.11. The van der Waals surface area contributed by atoms with E-state index >= 15 is 0 Å². The SMILES string of the molecule is c1ccc(-n2cc(-c3nn4c(-c5ccco5)nnc4s3)cn2)cc1. The van der Waals surface area contributed by atoms with Crippen LogP contribution in [0.25, 0.3) is 32.8 Å². The summed E-state index contributed by atoms with van der Waals surface area (Å²) in [6.45, 7) is 0. The summed E-state index contributed by atoms with van der Waals surface area (Å²) < 4.78 is 8.91. The van der Waals surface area contributed by atoms with Gasteiger partial charge >= 0.3 is 0 Å². The Morgan fingerprint density at radius 2 is 1.92 bits per heavy atom. The van der Waals surface area contributed by atoms with E-state index in [2.05, 4.69) is 20.4 Å². The highest BCUT2D eigenvalue weighted by Gasteiger charge is 2.17. The standard InChI is InChI=1S/C16H10N6OS/c1-2-5-12(6-3-1)21-10-11(9-17-21)15-20-22-14(13-7-4-8-23-13)18-19-16(22)24-15/h1-10H. The maximum atomic E-state index is 5.39. The summed E-state index contributed by atoms with van der Waals surface area (Å²) >= 11 is 1.46. The normalized spacial score (nSPS) is 11.3. The van der Waals surface area contributed by atoms with Crippen molar-refractivity contribution >= 4 is 16.3 Å². The second kappa shape index (κ2) is 5.14. The zero-order valence-corrected chi connectivity index (χ0v) is 13.1. The number of benzene rings is 1. The molecule has 0 aliphatic carbocycles. The van der Waals surface area contributed by atoms with Crippen LogP contribution in [-0.4, -0.2) is 29.6 Å². The molecule has 0 bridgehead atoms. The molecule has 24 heavy (non-hydrogen) atoms. The molecule has 0 amide bonds. The van der Waals surface area contributed by atoms with Crippen molar-refractivity contribution in [1.82, 2.24) is 29.6 Å². The molecule has 4 aromatic heterocycles. The van der Waals surface area contributed by atoms with Crippen LogP contribution in [0.2, 0.25) is 0 Å². The van der Waals surface area contributed by atoms with Crippen molar-refractivity contribution < 1.29 is 4.42 Å². The van der Waals surface area contributed by atoms with E-state index in [0.717, 1.165) is 16.3 Å². The zero-order valence-electron chi connectivity index (χ0n) is 12.3. The van der Waals surface area contributed by atoms with Crippen LogP contribution < -0.4 is 0 Å². The largest absolute Gasteiger partial charge is 0.461 e. The summed E-state index contributed by atoms with van der Waals surface area (Å²) in [7, 11) is 0. The molecule has 0 radical (unpaired) electrons. The van der Waals surface area contributed by atoms with Gasteiger partial charge in [-0.25, -0.2) is 4.68 Å². The van der Waals surface area contributed by atoms with Crippen molar-refractivity contribution in [1.29, 1.82) is 0 Å². The summed E-state index contributed by atoms with van der Waals surface area (Å²) in [5.41, 5.74) is 1.93. The lowest BCUT2D eigenvalue weighted by atomic mass is 10.3. The summed E-state index contributed by atoms with van der Waals surface area (Å²) in [6.07, 6.45) is 5.35. The molecule has 0 N–H and O–H groups in total. The van der Waals surface area contributed by atoms with E-state index < -0.39 is 0 Å². The van der Waals surface area contributed by atoms with Gasteiger partial charge in [0.1, 0.15) is 0 Å². The second-order valence-corrected chi connectivity index (χ2v) is 6.07. The van der Waals surface area contributed by atoms with Crippen molar-refractivity contribution in [3.05, 3.63) is 61.1 Å². The fourth-order valence-corrected chi connectivity index (χ4v) is 3.26. The fraction of sp³-hybridized carbons (Fsp3) is 0. The number of nitrogens with zero attached hydrogens (tertiary/aromatic N) is 6. The van der Waals surface area contributed by atoms with Crippen molar-refractivity contribution in [3.8, 4) is 27.8 Å². The first-order valence-electron chi connectivity index (χ1n) is 7.25. The van der Waals surface area contributed by atoms with Gasteiger partial charge in [0, 0.05) is 6.20 Å². The van der Waals surface area contributed by atoms with Crippen molar-refractivity contribution in [2.24, 2.45) is 0 Å². The average Bonchev–Trinajstić information content (AvgIpc) is 3.37. The van der Waals surface area contributed by atoms with Crippen LogP contribution in [0.3, 0.4) is 0 Å². The topological polar surface area (TPSA) is 74.0 Å². The Bertz CT molecular complexity index is 1110. The van der Waals surface area contributed by atoms with Crippen LogP contribution in [0.1, 0.15) is 0 Å². The van der Waals surface area contributed by atoms with Crippen molar-refractivity contribution in [2.45, 2.75) is 0 Å². The lowest BCUT2D eigenvalue weighted by Gasteiger charge is -1.98. The zero-order chi connectivity index (χ0) is 15.9. The molecule has 0 fully saturated rings. The molecule has 7 nitrogen and oxygen atoms in total. The van der Waals surface area contributed by atoms with Gasteiger partial charge in [0.2, 0.25) is 10.8 Å². The van der Waals surface area contributed by atoms with Crippen LogP contribution in [0, 0.1) is 0 Å². The number of para-hydroxylation sites is 1. The molecular weight excluding hydrogens is 324 g/mol. The molecule has 1 aromatic carbocycles. The average molecular weight is 334 g/mol. The summed E-state index contributed by atoms with van der Waals surface area (Å²) in [5, 5.41) is 18.1. The molecule has 0 spiro atoms. The van der Waals surface area contributed by atoms with Crippen LogP contribution >= 0.6 is 11.3 Å². The number of furan rings is 1. The molecule has 0 aliphatic rings. The van der Waals surface area contributed by atoms with E-state index in [1.165, 1.54) is 11.3 Å². The van der Waals surface area contributed by atoms with E-state index in [-0.39, 0.29) is 0 Å². The maximum Gasteiger partial charge on any atom is 0.235 e. The van der Waals surface area contributed by atoms with Gasteiger partial charge in [-0.05, 0) is 24.3 Å². The Morgan fingerprint density at radius 3 is 2.75 bits per heavy atom. The van der Waals surface area contributed by atoms with E-state index in [0.29, 0.717) is 16.5 Å². The van der Waals surface area contributed by atoms with E-state index in [1.54, 1.807) is 17.0 Å². The highest BCUT2D eigenvalue weighted by Crippen LogP contribution is 2.28. The predicted molar refractivity (Wildman–Crippen MR) is 88.9 cm³/mol. The Morgan fingerprint density at radius 1 is 1.00 bits per heavy atom. The number of rotatable bonds is 3. The molecule has 0 saturated heterocycles. The van der Waals surface area contributed by atoms with Gasteiger partial charge in [0.15, 0.2) is 10.8 Å². The summed E-state index contributed by atoms with van der Waals surface area (Å²) in [4.78, 5) is 0.712. The van der Waals surface area contributed by atoms with E-state index in [1.807, 2.05) is 53.3 Å². The minimum Gasteiger partial charge on any atom is -0.461 e. The van der Waals surface area contributed by atoms with Crippen LogP contribution in [-0.2, 0) is 0 Å². The van der Waals surface area contributed by atoms with E-state index in [9.17, 15) is 0 Å². The first-order valence-corrected chi connectivity index (χ1v) is 8.07. The lowest BCUT2D eigenvalue weighted by Crippen LogP contribution is -1.92. The summed E-state index contributed by atoms with van der Waals surface area (Å²) in [6, 6.07) is 13.6. The molecule has 0 saturated carbocycles. The molecular formula is C16H10N6OS. The number of aromatic nitrogens is 6. The fourth-order valence-electron chi connectivity index (χ4n) is 2.45. The Labute approximate surface area is 139 Å². The van der Waals surface area contributed by atoms with Crippen LogP contribution in [0.4, 0.5) is 0 Å². The third-order valence-corrected chi connectivity index (χ3v) is 4.53. The van der Waals surface area contributed by atoms with Crippen LogP contribution in [0.5, 0.6) is 0 Å². The minimum atomic E-state index is 0.591. The first kappa shape index (κ1) is 13.2. The smallest absolute Gasteiger partial charge is 0.235 e. The minimum absolute atomic E-state index is 0.591. The molecule has 0 unspecified atom stereocenters. The molecule has 5 aromatic rings. The van der Waals surface area contributed by atoms with Gasteiger partial charge < -0.3 is 4.42 Å². The lowest BCUT2D eigenvalue weighted by molar-refractivity contribution is 0.575. The van der Waals surface area contributed by atoms with Gasteiger partial charge in [-0.3, -0.25) is 0 Å². The van der Waals surface area contributed by atoms with Crippen LogP contribution in [0.15, 0.2) is 65.5 Å². The molecule has 4 heterocycles. The van der Waals surface area contributed by atoms with Gasteiger partial charge in [-0.2, -0.15) is 14.7 Å². The van der Waals surface area contributed by atoms with Gasteiger partial charge in [0.05, 0.1) is 23.7 Å². The molecule has 116 valence electrons. The summed E-state index contributed by atoms with van der Waals surface area (Å²) in [5.74, 6) is 1.23. The van der Waals surface area contributed by atoms with Crippen molar-refractivity contribution in [2.75, 3.05) is 0 Å². The number of hydrogen-bond donors (Lipinski definition) is 0. The Balaban J connectivity index is 1.57. The van der Waals surface area contributed by atoms with Crippen molar-refractivity contribution in [3.63, 3.8) is 0 Å². The van der Waals surface area contributed by atoms with Gasteiger partial charge in [0.25, 0.3) is 0 Å². The highest BCUT2D eigenvalue weighted by atomic mass is 32.1. The molecule has 5 rings (SSSR count). The third-order valence-electron chi connectivity index (χ3n) is 3.58.